The lowest BCUT2D eigenvalue weighted by atomic mass is 10.0. The maximum Gasteiger partial charge on any atom is 0.349 e. The molecule has 0 bridgehead atoms. The lowest BCUT2D eigenvalue weighted by Crippen LogP contribution is -2.15. The molecule has 3 nitrogen and oxygen atoms in total. The van der Waals surface area contributed by atoms with Crippen molar-refractivity contribution in [1.29, 1.82) is 0 Å². The van der Waals surface area contributed by atoms with Gasteiger partial charge in [0.1, 0.15) is 0 Å². The first-order valence-corrected chi connectivity index (χ1v) is 10.6. The minimum atomic E-state index is -3.35. The molecular weight excluding hydrogens is 458 g/mol. The summed E-state index contributed by atoms with van der Waals surface area (Å²) in [6, 6.07) is 23.7. The summed E-state index contributed by atoms with van der Waals surface area (Å²) in [7, 11) is 0. The highest BCUT2D eigenvalue weighted by molar-refractivity contribution is 9.10. The van der Waals surface area contributed by atoms with Crippen molar-refractivity contribution in [3.8, 4) is 11.1 Å². The number of thioether (sulfide) groups is 1. The Morgan fingerprint density at radius 1 is 0.862 bits per heavy atom. The molecule has 29 heavy (non-hydrogen) atoms. The highest BCUT2D eigenvalue weighted by Gasteiger charge is 2.40. The molecular formula is C22H15BrF2N2OS. The number of hydrogen-bond donors (Lipinski definition) is 0. The third-order valence-electron chi connectivity index (χ3n) is 4.34. The summed E-state index contributed by atoms with van der Waals surface area (Å²) in [6.45, 7) is 0. The fourth-order valence-electron chi connectivity index (χ4n) is 2.86. The maximum absolute atomic E-state index is 14.7. The van der Waals surface area contributed by atoms with Gasteiger partial charge in [-0.05, 0) is 28.8 Å². The number of rotatable bonds is 6. The van der Waals surface area contributed by atoms with Gasteiger partial charge in [-0.1, -0.05) is 94.4 Å². The Balaban J connectivity index is 1.52. The number of benzene rings is 3. The fraction of sp³-hybridized carbons (Fsp3) is 0.0909. The van der Waals surface area contributed by atoms with Crippen molar-refractivity contribution >= 4 is 27.7 Å². The van der Waals surface area contributed by atoms with Crippen LogP contribution in [0.5, 0.6) is 0 Å². The van der Waals surface area contributed by atoms with Crippen LogP contribution in [0, 0.1) is 0 Å². The van der Waals surface area contributed by atoms with E-state index in [0.717, 1.165) is 21.2 Å². The Morgan fingerprint density at radius 3 is 2.31 bits per heavy atom. The number of nitrogens with zero attached hydrogens (tertiary/aromatic N) is 2. The molecule has 0 fully saturated rings. The lowest BCUT2D eigenvalue weighted by molar-refractivity contribution is 0.00997. The van der Waals surface area contributed by atoms with Gasteiger partial charge in [-0.2, -0.15) is 8.78 Å². The Kier molecular flexibility index (Phi) is 5.78. The first-order valence-electron chi connectivity index (χ1n) is 8.78. The average molecular weight is 473 g/mol. The SMILES string of the molecule is FC(F)(c1ccc(Br)cc1)c1nnc(SCc2ccccc2-c2ccccc2)o1. The van der Waals surface area contributed by atoms with Gasteiger partial charge in [0, 0.05) is 15.8 Å². The molecule has 0 radical (unpaired) electrons. The largest absolute Gasteiger partial charge is 0.410 e. The number of halogens is 3. The Morgan fingerprint density at radius 2 is 1.55 bits per heavy atom. The van der Waals surface area contributed by atoms with Crippen LogP contribution in [0.4, 0.5) is 8.78 Å². The topological polar surface area (TPSA) is 38.9 Å². The van der Waals surface area contributed by atoms with E-state index in [9.17, 15) is 8.78 Å². The van der Waals surface area contributed by atoms with E-state index < -0.39 is 11.8 Å². The lowest BCUT2D eigenvalue weighted by Gasteiger charge is -2.12. The summed E-state index contributed by atoms with van der Waals surface area (Å²) in [5.41, 5.74) is 3.04. The Bertz CT molecular complexity index is 1100. The summed E-state index contributed by atoms with van der Waals surface area (Å²) in [5, 5.41) is 7.49. The zero-order chi connectivity index (χ0) is 20.3. The van der Waals surface area contributed by atoms with Crippen LogP contribution in [0.3, 0.4) is 0 Å². The molecule has 0 unspecified atom stereocenters. The van der Waals surface area contributed by atoms with Crippen molar-refractivity contribution in [3.05, 3.63) is 100 Å². The van der Waals surface area contributed by atoms with Crippen LogP contribution in [-0.4, -0.2) is 10.2 Å². The molecule has 0 saturated heterocycles. The zero-order valence-electron chi connectivity index (χ0n) is 15.1. The molecule has 0 atom stereocenters. The fourth-order valence-corrected chi connectivity index (χ4v) is 3.89. The molecule has 0 aliphatic carbocycles. The Labute approximate surface area is 179 Å². The highest BCUT2D eigenvalue weighted by Crippen LogP contribution is 2.37. The predicted octanol–water partition coefficient (Wildman–Crippen LogP) is 6.93. The Hall–Kier alpha value is -2.51. The van der Waals surface area contributed by atoms with Gasteiger partial charge in [0.15, 0.2) is 0 Å². The molecule has 0 aliphatic rings. The van der Waals surface area contributed by atoms with E-state index in [1.165, 1.54) is 23.9 Å². The first-order chi connectivity index (χ1) is 14.0. The van der Waals surface area contributed by atoms with Crippen molar-refractivity contribution in [1.82, 2.24) is 10.2 Å². The van der Waals surface area contributed by atoms with E-state index in [0.29, 0.717) is 5.75 Å². The number of hydrogen-bond acceptors (Lipinski definition) is 4. The highest BCUT2D eigenvalue weighted by atomic mass is 79.9. The molecule has 4 rings (SSSR count). The van der Waals surface area contributed by atoms with Crippen molar-refractivity contribution in [2.24, 2.45) is 0 Å². The number of aromatic nitrogens is 2. The van der Waals surface area contributed by atoms with Gasteiger partial charge in [-0.3, -0.25) is 0 Å². The van der Waals surface area contributed by atoms with Crippen LogP contribution in [0.15, 0.2) is 93.0 Å². The van der Waals surface area contributed by atoms with Crippen LogP contribution < -0.4 is 0 Å². The van der Waals surface area contributed by atoms with Crippen LogP contribution in [0.25, 0.3) is 11.1 Å². The molecule has 1 aromatic heterocycles. The predicted molar refractivity (Wildman–Crippen MR) is 113 cm³/mol. The van der Waals surface area contributed by atoms with Crippen molar-refractivity contribution in [3.63, 3.8) is 0 Å². The summed E-state index contributed by atoms with van der Waals surface area (Å²) in [5.74, 6) is -3.54. The number of alkyl halides is 2. The van der Waals surface area contributed by atoms with Gasteiger partial charge >= 0.3 is 5.92 Å². The van der Waals surface area contributed by atoms with Crippen LogP contribution in [0.2, 0.25) is 0 Å². The third kappa shape index (κ3) is 4.41. The maximum atomic E-state index is 14.7. The second-order valence-electron chi connectivity index (χ2n) is 6.27. The van der Waals surface area contributed by atoms with Gasteiger partial charge in [-0.25, -0.2) is 0 Å². The normalized spacial score (nSPS) is 11.6. The molecule has 0 spiro atoms. The van der Waals surface area contributed by atoms with Crippen LogP contribution in [-0.2, 0) is 11.7 Å². The standard InChI is InChI=1S/C22H15BrF2N2OS/c23-18-12-10-17(11-13-18)22(24,25)20-26-27-21(28-20)29-14-16-8-4-5-9-19(16)15-6-2-1-3-7-15/h1-13H,14H2. The molecule has 0 N–H and O–H groups in total. The van der Waals surface area contributed by atoms with E-state index in [-0.39, 0.29) is 10.8 Å². The molecule has 0 amide bonds. The van der Waals surface area contributed by atoms with Crippen molar-refractivity contribution in [2.45, 2.75) is 16.9 Å². The summed E-state index contributed by atoms with van der Waals surface area (Å²) < 4.78 is 35.3. The molecule has 7 heteroatoms. The monoisotopic (exact) mass is 472 g/mol. The smallest absolute Gasteiger partial charge is 0.349 e. The molecule has 0 saturated carbocycles. The summed E-state index contributed by atoms with van der Waals surface area (Å²) >= 11 is 4.47. The summed E-state index contributed by atoms with van der Waals surface area (Å²) in [4.78, 5) is 0. The van der Waals surface area contributed by atoms with E-state index >= 15 is 0 Å². The van der Waals surface area contributed by atoms with Gasteiger partial charge in [0.2, 0.25) is 0 Å². The second-order valence-corrected chi connectivity index (χ2v) is 8.11. The van der Waals surface area contributed by atoms with E-state index in [1.807, 2.05) is 54.6 Å². The molecule has 1 heterocycles. The van der Waals surface area contributed by atoms with Gasteiger partial charge < -0.3 is 4.42 Å². The van der Waals surface area contributed by atoms with Crippen molar-refractivity contribution < 1.29 is 13.2 Å². The molecule has 0 aliphatic heterocycles. The minimum absolute atomic E-state index is 0.111. The second kappa shape index (κ2) is 8.47. The van der Waals surface area contributed by atoms with Crippen LogP contribution >= 0.6 is 27.7 Å². The molecule has 4 aromatic rings. The van der Waals surface area contributed by atoms with E-state index in [2.05, 4.69) is 26.1 Å². The zero-order valence-corrected chi connectivity index (χ0v) is 17.5. The molecule has 146 valence electrons. The van der Waals surface area contributed by atoms with Crippen molar-refractivity contribution in [2.75, 3.05) is 0 Å². The summed E-state index contributed by atoms with van der Waals surface area (Å²) in [6.07, 6.45) is 0. The van der Waals surface area contributed by atoms with E-state index in [4.69, 9.17) is 4.42 Å². The average Bonchev–Trinajstić information content (AvgIpc) is 3.23. The van der Waals surface area contributed by atoms with Gasteiger partial charge in [0.05, 0.1) is 0 Å². The minimum Gasteiger partial charge on any atom is -0.410 e. The van der Waals surface area contributed by atoms with Gasteiger partial charge in [-0.15, -0.1) is 10.2 Å². The first kappa shape index (κ1) is 19.8. The van der Waals surface area contributed by atoms with E-state index in [1.54, 1.807) is 12.1 Å². The molecule has 3 aromatic carbocycles. The van der Waals surface area contributed by atoms with Gasteiger partial charge in [0.25, 0.3) is 11.1 Å². The third-order valence-corrected chi connectivity index (χ3v) is 5.73. The van der Waals surface area contributed by atoms with Crippen LogP contribution in [0.1, 0.15) is 17.0 Å². The quantitative estimate of drug-likeness (QED) is 0.285.